The molecule has 1 fully saturated rings. The van der Waals surface area contributed by atoms with Gasteiger partial charge in [0.2, 0.25) is 0 Å². The molecule has 2 heterocycles. The number of rotatable bonds is 4. The molecule has 1 aromatic heterocycles. The van der Waals surface area contributed by atoms with Gasteiger partial charge in [-0.25, -0.2) is 0 Å². The molecule has 0 amide bonds. The van der Waals surface area contributed by atoms with Crippen molar-refractivity contribution >= 4 is 11.5 Å². The highest BCUT2D eigenvalue weighted by molar-refractivity contribution is 5.94. The molecular formula is C17H21N3O2. The van der Waals surface area contributed by atoms with Crippen molar-refractivity contribution in [2.75, 3.05) is 31.1 Å². The van der Waals surface area contributed by atoms with Crippen LogP contribution < -0.4 is 4.90 Å². The zero-order chi connectivity index (χ0) is 15.5. The van der Waals surface area contributed by atoms with Crippen molar-refractivity contribution in [1.82, 2.24) is 10.1 Å². The summed E-state index contributed by atoms with van der Waals surface area (Å²) < 4.78 is 5.11. The predicted octanol–water partition coefficient (Wildman–Crippen LogP) is 2.51. The molecule has 0 N–H and O–H groups in total. The molecule has 5 nitrogen and oxygen atoms in total. The molecule has 0 spiro atoms. The summed E-state index contributed by atoms with van der Waals surface area (Å²) in [5, 5.41) is 4.05. The van der Waals surface area contributed by atoms with E-state index in [0.717, 1.165) is 49.7 Å². The molecule has 0 aliphatic carbocycles. The van der Waals surface area contributed by atoms with Crippen LogP contribution >= 0.6 is 0 Å². The zero-order valence-corrected chi connectivity index (χ0v) is 13.1. The van der Waals surface area contributed by atoms with Crippen molar-refractivity contribution in [2.45, 2.75) is 20.4 Å². The van der Waals surface area contributed by atoms with E-state index in [2.05, 4.69) is 15.0 Å². The topological polar surface area (TPSA) is 49.6 Å². The van der Waals surface area contributed by atoms with Crippen LogP contribution in [-0.4, -0.2) is 42.0 Å². The number of hydrogen-bond acceptors (Lipinski definition) is 5. The van der Waals surface area contributed by atoms with E-state index in [9.17, 15) is 4.79 Å². The number of aromatic nitrogens is 1. The summed E-state index contributed by atoms with van der Waals surface area (Å²) in [6.07, 6.45) is 0. The van der Waals surface area contributed by atoms with Crippen LogP contribution in [0.15, 0.2) is 34.9 Å². The second-order valence-corrected chi connectivity index (χ2v) is 5.80. The van der Waals surface area contributed by atoms with Gasteiger partial charge in [0.15, 0.2) is 5.78 Å². The summed E-state index contributed by atoms with van der Waals surface area (Å²) in [4.78, 5) is 16.1. The van der Waals surface area contributed by atoms with Crippen LogP contribution in [0.5, 0.6) is 0 Å². The minimum atomic E-state index is 0.110. The summed E-state index contributed by atoms with van der Waals surface area (Å²) in [5.41, 5.74) is 2.95. The first-order valence-electron chi connectivity index (χ1n) is 7.62. The lowest BCUT2D eigenvalue weighted by Crippen LogP contribution is -2.46. The normalized spacial score (nSPS) is 16.0. The molecule has 0 bridgehead atoms. The minimum Gasteiger partial charge on any atom is -0.369 e. The highest BCUT2D eigenvalue weighted by atomic mass is 16.5. The van der Waals surface area contributed by atoms with Crippen LogP contribution in [0.4, 0.5) is 5.69 Å². The summed E-state index contributed by atoms with van der Waals surface area (Å²) in [6.45, 7) is 8.32. The van der Waals surface area contributed by atoms with Crippen LogP contribution in [0.1, 0.15) is 28.7 Å². The van der Waals surface area contributed by atoms with E-state index in [0.29, 0.717) is 0 Å². The van der Waals surface area contributed by atoms with Gasteiger partial charge in [0.1, 0.15) is 5.76 Å². The maximum Gasteiger partial charge on any atom is 0.159 e. The SMILES string of the molecule is CC(=O)c1ccc(N2CCN(Cc3cc(C)on3)CC2)cc1. The lowest BCUT2D eigenvalue weighted by molar-refractivity contribution is 0.101. The Kier molecular flexibility index (Phi) is 4.24. The number of carbonyl (C=O) groups excluding carboxylic acids is 1. The van der Waals surface area contributed by atoms with E-state index >= 15 is 0 Å². The number of hydrogen-bond donors (Lipinski definition) is 0. The number of nitrogens with zero attached hydrogens (tertiary/aromatic N) is 3. The van der Waals surface area contributed by atoms with Crippen molar-refractivity contribution < 1.29 is 9.32 Å². The Balaban J connectivity index is 1.56. The van der Waals surface area contributed by atoms with Crippen LogP contribution in [0.25, 0.3) is 0 Å². The second-order valence-electron chi connectivity index (χ2n) is 5.80. The van der Waals surface area contributed by atoms with E-state index in [4.69, 9.17) is 4.52 Å². The molecule has 1 saturated heterocycles. The smallest absolute Gasteiger partial charge is 0.159 e. The fraction of sp³-hybridized carbons (Fsp3) is 0.412. The first-order valence-corrected chi connectivity index (χ1v) is 7.62. The number of aryl methyl sites for hydroxylation is 1. The third-order valence-electron chi connectivity index (χ3n) is 4.07. The van der Waals surface area contributed by atoms with Gasteiger partial charge >= 0.3 is 0 Å². The molecule has 1 aliphatic rings. The quantitative estimate of drug-likeness (QED) is 0.812. The third-order valence-corrected chi connectivity index (χ3v) is 4.07. The molecule has 116 valence electrons. The van der Waals surface area contributed by atoms with Crippen molar-refractivity contribution in [3.8, 4) is 0 Å². The highest BCUT2D eigenvalue weighted by Gasteiger charge is 2.18. The fourth-order valence-corrected chi connectivity index (χ4v) is 2.79. The molecule has 5 heteroatoms. The number of piperazine rings is 1. The molecule has 1 aliphatic heterocycles. The van der Waals surface area contributed by atoms with Gasteiger partial charge in [-0.3, -0.25) is 9.69 Å². The van der Waals surface area contributed by atoms with E-state index < -0.39 is 0 Å². The summed E-state index contributed by atoms with van der Waals surface area (Å²) in [6, 6.07) is 9.87. The van der Waals surface area contributed by atoms with Crippen molar-refractivity contribution in [3.05, 3.63) is 47.3 Å². The van der Waals surface area contributed by atoms with E-state index in [1.54, 1.807) is 6.92 Å². The number of benzene rings is 1. The third kappa shape index (κ3) is 3.36. The van der Waals surface area contributed by atoms with Crippen LogP contribution in [0.3, 0.4) is 0 Å². The molecule has 3 rings (SSSR count). The van der Waals surface area contributed by atoms with Gasteiger partial charge in [-0.05, 0) is 38.1 Å². The van der Waals surface area contributed by atoms with Gasteiger partial charge in [-0.1, -0.05) is 5.16 Å². The molecule has 0 unspecified atom stereocenters. The molecule has 0 atom stereocenters. The van der Waals surface area contributed by atoms with Crippen molar-refractivity contribution in [1.29, 1.82) is 0 Å². The predicted molar refractivity (Wildman–Crippen MR) is 85.2 cm³/mol. The highest BCUT2D eigenvalue weighted by Crippen LogP contribution is 2.18. The average molecular weight is 299 g/mol. The second kappa shape index (κ2) is 6.32. The van der Waals surface area contributed by atoms with Crippen LogP contribution in [-0.2, 0) is 6.54 Å². The van der Waals surface area contributed by atoms with E-state index in [1.807, 2.05) is 37.3 Å². The van der Waals surface area contributed by atoms with Crippen LogP contribution in [0.2, 0.25) is 0 Å². The summed E-state index contributed by atoms with van der Waals surface area (Å²) in [7, 11) is 0. The van der Waals surface area contributed by atoms with Crippen LogP contribution in [0, 0.1) is 6.92 Å². The Hall–Kier alpha value is -2.14. The monoisotopic (exact) mass is 299 g/mol. The Labute approximate surface area is 130 Å². The molecule has 0 saturated carbocycles. The minimum absolute atomic E-state index is 0.110. The number of anilines is 1. The number of Topliss-reactive ketones (excluding diaryl/α,β-unsaturated/α-hetero) is 1. The lowest BCUT2D eigenvalue weighted by atomic mass is 10.1. The Morgan fingerprint density at radius 3 is 2.41 bits per heavy atom. The number of ketones is 1. The maximum absolute atomic E-state index is 11.3. The fourth-order valence-electron chi connectivity index (χ4n) is 2.79. The molecule has 2 aromatic rings. The Morgan fingerprint density at radius 2 is 1.86 bits per heavy atom. The van der Waals surface area contributed by atoms with Gasteiger partial charge in [0, 0.05) is 50.0 Å². The maximum atomic E-state index is 11.3. The number of carbonyl (C=O) groups is 1. The summed E-state index contributed by atoms with van der Waals surface area (Å²) >= 11 is 0. The van der Waals surface area contributed by atoms with Gasteiger partial charge in [0.25, 0.3) is 0 Å². The van der Waals surface area contributed by atoms with E-state index in [1.165, 1.54) is 5.69 Å². The molecular weight excluding hydrogens is 278 g/mol. The first kappa shape index (κ1) is 14.8. The first-order chi connectivity index (χ1) is 10.6. The van der Waals surface area contributed by atoms with Gasteiger partial charge in [-0.15, -0.1) is 0 Å². The lowest BCUT2D eigenvalue weighted by Gasteiger charge is -2.35. The molecule has 0 radical (unpaired) electrons. The summed E-state index contributed by atoms with van der Waals surface area (Å²) in [5.74, 6) is 0.971. The van der Waals surface area contributed by atoms with Gasteiger partial charge in [0.05, 0.1) is 5.69 Å². The largest absolute Gasteiger partial charge is 0.369 e. The van der Waals surface area contributed by atoms with E-state index in [-0.39, 0.29) is 5.78 Å². The standard InChI is InChI=1S/C17H21N3O2/c1-13-11-16(18-22-13)12-19-7-9-20(10-8-19)17-5-3-15(4-6-17)14(2)21/h3-6,11H,7-10,12H2,1-2H3. The molecule has 1 aromatic carbocycles. The van der Waals surface area contributed by atoms with Gasteiger partial charge in [-0.2, -0.15) is 0 Å². The molecule has 22 heavy (non-hydrogen) atoms. The zero-order valence-electron chi connectivity index (χ0n) is 13.1. The van der Waals surface area contributed by atoms with Crippen molar-refractivity contribution in [2.24, 2.45) is 0 Å². The average Bonchev–Trinajstić information content (AvgIpc) is 2.93. The van der Waals surface area contributed by atoms with Crippen molar-refractivity contribution in [3.63, 3.8) is 0 Å². The Morgan fingerprint density at radius 1 is 1.18 bits per heavy atom. The van der Waals surface area contributed by atoms with Gasteiger partial charge < -0.3 is 9.42 Å². The Bertz CT molecular complexity index is 640.